The number of benzene rings is 1. The zero-order valence-corrected chi connectivity index (χ0v) is 10.7. The van der Waals surface area contributed by atoms with Crippen LogP contribution in [0.5, 0.6) is 11.5 Å². The van der Waals surface area contributed by atoms with E-state index in [1.807, 2.05) is 26.1 Å². The first-order valence-corrected chi connectivity index (χ1v) is 5.45. The van der Waals surface area contributed by atoms with E-state index < -0.39 is 0 Å². The molecule has 0 aromatic heterocycles. The van der Waals surface area contributed by atoms with Crippen molar-refractivity contribution in [1.29, 1.82) is 5.26 Å². The van der Waals surface area contributed by atoms with Crippen molar-refractivity contribution < 1.29 is 9.47 Å². The minimum atomic E-state index is -0.0282. The Morgan fingerprint density at radius 1 is 1.35 bits per heavy atom. The Kier molecular flexibility index (Phi) is 4.80. The molecule has 0 radical (unpaired) electrons. The van der Waals surface area contributed by atoms with Crippen molar-refractivity contribution in [2.75, 3.05) is 21.3 Å². The van der Waals surface area contributed by atoms with E-state index in [1.54, 1.807) is 14.2 Å². The molecule has 1 N–H and O–H groups in total. The fourth-order valence-corrected chi connectivity index (χ4v) is 1.92. The molecule has 0 bridgehead atoms. The molecule has 1 atom stereocenters. The van der Waals surface area contributed by atoms with Crippen molar-refractivity contribution in [1.82, 2.24) is 5.32 Å². The lowest BCUT2D eigenvalue weighted by molar-refractivity contribution is 0.380. The van der Waals surface area contributed by atoms with Crippen LogP contribution in [0.4, 0.5) is 0 Å². The third-order valence-corrected chi connectivity index (χ3v) is 2.83. The molecule has 0 spiro atoms. The highest BCUT2D eigenvalue weighted by Crippen LogP contribution is 2.35. The van der Waals surface area contributed by atoms with Crippen molar-refractivity contribution in [2.45, 2.75) is 19.4 Å². The highest BCUT2D eigenvalue weighted by molar-refractivity contribution is 5.50. The maximum absolute atomic E-state index is 8.81. The van der Waals surface area contributed by atoms with Gasteiger partial charge in [-0.25, -0.2) is 0 Å². The van der Waals surface area contributed by atoms with Crippen LogP contribution >= 0.6 is 0 Å². The number of nitriles is 1. The number of nitrogens with one attached hydrogen (secondary N) is 1. The van der Waals surface area contributed by atoms with Gasteiger partial charge in [0.1, 0.15) is 11.5 Å². The summed E-state index contributed by atoms with van der Waals surface area (Å²) in [5.41, 5.74) is 1.93. The predicted octanol–water partition coefficient (Wildman–Crippen LogP) is 2.19. The van der Waals surface area contributed by atoms with E-state index >= 15 is 0 Å². The summed E-state index contributed by atoms with van der Waals surface area (Å²) in [5.74, 6) is 1.57. The summed E-state index contributed by atoms with van der Waals surface area (Å²) in [7, 11) is 5.09. The predicted molar refractivity (Wildman–Crippen MR) is 66.3 cm³/mol. The quantitative estimate of drug-likeness (QED) is 0.848. The number of nitrogens with zero attached hydrogens (tertiary/aromatic N) is 1. The molecule has 0 aliphatic carbocycles. The molecular weight excluding hydrogens is 216 g/mol. The van der Waals surface area contributed by atoms with Gasteiger partial charge in [-0.2, -0.15) is 5.26 Å². The average Bonchev–Trinajstić information content (AvgIpc) is 2.35. The van der Waals surface area contributed by atoms with E-state index in [9.17, 15) is 0 Å². The summed E-state index contributed by atoms with van der Waals surface area (Å²) < 4.78 is 10.7. The Morgan fingerprint density at radius 2 is 2.06 bits per heavy atom. The molecule has 4 nitrogen and oxygen atoms in total. The number of hydrogen-bond donors (Lipinski definition) is 1. The largest absolute Gasteiger partial charge is 0.496 e. The Morgan fingerprint density at radius 3 is 2.53 bits per heavy atom. The number of methoxy groups -OCH3 is 2. The zero-order valence-electron chi connectivity index (χ0n) is 10.7. The molecule has 0 aliphatic rings. The van der Waals surface area contributed by atoms with Crippen molar-refractivity contribution >= 4 is 0 Å². The van der Waals surface area contributed by atoms with Crippen molar-refractivity contribution in [3.63, 3.8) is 0 Å². The van der Waals surface area contributed by atoms with Crippen molar-refractivity contribution in [3.05, 3.63) is 23.3 Å². The minimum Gasteiger partial charge on any atom is -0.496 e. The van der Waals surface area contributed by atoms with Gasteiger partial charge in [-0.1, -0.05) is 6.07 Å². The third kappa shape index (κ3) is 2.69. The van der Waals surface area contributed by atoms with Gasteiger partial charge in [0.2, 0.25) is 0 Å². The lowest BCUT2D eigenvalue weighted by atomic mass is 10.00. The summed E-state index contributed by atoms with van der Waals surface area (Å²) in [5, 5.41) is 11.9. The van der Waals surface area contributed by atoms with Crippen LogP contribution in [0.15, 0.2) is 12.1 Å². The van der Waals surface area contributed by atoms with Gasteiger partial charge in [0.25, 0.3) is 0 Å². The fraction of sp³-hybridized carbons (Fsp3) is 0.462. The van der Waals surface area contributed by atoms with E-state index in [1.165, 1.54) is 0 Å². The van der Waals surface area contributed by atoms with E-state index in [2.05, 4.69) is 11.4 Å². The van der Waals surface area contributed by atoms with E-state index in [0.717, 1.165) is 22.6 Å². The second kappa shape index (κ2) is 6.12. The third-order valence-electron chi connectivity index (χ3n) is 2.83. The molecule has 1 rings (SSSR count). The molecule has 0 amide bonds. The molecule has 0 aliphatic heterocycles. The first-order chi connectivity index (χ1) is 8.19. The van der Waals surface area contributed by atoms with Crippen LogP contribution in [0.1, 0.15) is 23.6 Å². The van der Waals surface area contributed by atoms with Gasteiger partial charge < -0.3 is 14.8 Å². The van der Waals surface area contributed by atoms with E-state index in [0.29, 0.717) is 6.42 Å². The van der Waals surface area contributed by atoms with Crippen LogP contribution in [0, 0.1) is 18.3 Å². The summed E-state index contributed by atoms with van der Waals surface area (Å²) in [4.78, 5) is 0. The topological polar surface area (TPSA) is 54.3 Å². The van der Waals surface area contributed by atoms with Gasteiger partial charge in [0, 0.05) is 17.2 Å². The molecule has 0 fully saturated rings. The van der Waals surface area contributed by atoms with Gasteiger partial charge in [0.05, 0.1) is 26.7 Å². The van der Waals surface area contributed by atoms with Crippen LogP contribution in [0.3, 0.4) is 0 Å². The fourth-order valence-electron chi connectivity index (χ4n) is 1.92. The van der Waals surface area contributed by atoms with Crippen LogP contribution in [0.25, 0.3) is 0 Å². The SMILES string of the molecule is CNC(CC#N)c1ccc(OC)c(C)c1OC. The first kappa shape index (κ1) is 13.3. The monoisotopic (exact) mass is 234 g/mol. The zero-order chi connectivity index (χ0) is 12.8. The van der Waals surface area contributed by atoms with Gasteiger partial charge in [0.15, 0.2) is 0 Å². The Hall–Kier alpha value is -1.73. The lowest BCUT2D eigenvalue weighted by Crippen LogP contribution is -2.17. The Balaban J connectivity index is 3.24. The number of ether oxygens (including phenoxy) is 2. The molecule has 0 saturated heterocycles. The molecule has 92 valence electrons. The summed E-state index contributed by atoms with van der Waals surface area (Å²) in [6.45, 7) is 1.94. The van der Waals surface area contributed by atoms with E-state index in [-0.39, 0.29) is 6.04 Å². The van der Waals surface area contributed by atoms with Crippen LogP contribution < -0.4 is 14.8 Å². The second-order valence-corrected chi connectivity index (χ2v) is 3.72. The minimum absolute atomic E-state index is 0.0282. The average molecular weight is 234 g/mol. The standard InChI is InChI=1S/C13H18N2O2/c1-9-12(16-3)6-5-10(13(9)17-4)11(15-2)7-8-14/h5-6,11,15H,7H2,1-4H3. The Bertz CT molecular complexity index is 424. The molecule has 1 aromatic carbocycles. The lowest BCUT2D eigenvalue weighted by Gasteiger charge is -2.19. The molecule has 17 heavy (non-hydrogen) atoms. The summed E-state index contributed by atoms with van der Waals surface area (Å²) in [6, 6.07) is 5.97. The van der Waals surface area contributed by atoms with Gasteiger partial charge in [-0.15, -0.1) is 0 Å². The highest BCUT2D eigenvalue weighted by atomic mass is 16.5. The maximum Gasteiger partial charge on any atom is 0.130 e. The second-order valence-electron chi connectivity index (χ2n) is 3.72. The number of hydrogen-bond acceptors (Lipinski definition) is 4. The summed E-state index contributed by atoms with van der Waals surface area (Å²) >= 11 is 0. The van der Waals surface area contributed by atoms with Crippen LogP contribution in [-0.2, 0) is 0 Å². The van der Waals surface area contributed by atoms with Crippen molar-refractivity contribution in [2.24, 2.45) is 0 Å². The Labute approximate surface area is 102 Å². The smallest absolute Gasteiger partial charge is 0.130 e. The van der Waals surface area contributed by atoms with Crippen LogP contribution in [0.2, 0.25) is 0 Å². The summed E-state index contributed by atoms with van der Waals surface area (Å²) in [6.07, 6.45) is 0.401. The molecule has 4 heteroatoms. The first-order valence-electron chi connectivity index (χ1n) is 5.45. The molecule has 0 saturated carbocycles. The normalized spacial score (nSPS) is 11.7. The van der Waals surface area contributed by atoms with Gasteiger partial charge in [-0.3, -0.25) is 0 Å². The van der Waals surface area contributed by atoms with Gasteiger partial charge >= 0.3 is 0 Å². The molecule has 0 heterocycles. The van der Waals surface area contributed by atoms with Crippen molar-refractivity contribution in [3.8, 4) is 17.6 Å². The maximum atomic E-state index is 8.81. The number of rotatable bonds is 5. The van der Waals surface area contributed by atoms with Gasteiger partial charge in [-0.05, 0) is 20.0 Å². The van der Waals surface area contributed by atoms with Crippen LogP contribution in [-0.4, -0.2) is 21.3 Å². The highest BCUT2D eigenvalue weighted by Gasteiger charge is 2.17. The molecule has 1 unspecified atom stereocenters. The molecule has 1 aromatic rings. The molecular formula is C13H18N2O2. The van der Waals surface area contributed by atoms with E-state index in [4.69, 9.17) is 14.7 Å².